The number of nitrogens with one attached hydrogen (secondary N) is 1. The van der Waals surface area contributed by atoms with Gasteiger partial charge in [-0.1, -0.05) is 29.8 Å². The Kier molecular flexibility index (Phi) is 3.19. The van der Waals surface area contributed by atoms with Gasteiger partial charge >= 0.3 is 0 Å². The Bertz CT molecular complexity index is 468. The fraction of sp³-hybridized carbons (Fsp3) is 0.250. The van der Waals surface area contributed by atoms with Gasteiger partial charge in [0.2, 0.25) is 0 Å². The minimum Gasteiger partial charge on any atom is -0.319 e. The molecule has 2 rings (SSSR count). The molecule has 0 fully saturated rings. The minimum atomic E-state index is 0.721. The molecule has 1 aromatic heterocycles. The number of fused-ring (bicyclic) bond motifs is 1. The average Bonchev–Trinajstić information content (AvgIpc) is 2.27. The second-order valence-electron chi connectivity index (χ2n) is 3.47. The van der Waals surface area contributed by atoms with Crippen LogP contribution in [0.3, 0.4) is 0 Å². The van der Waals surface area contributed by atoms with Gasteiger partial charge < -0.3 is 5.32 Å². The van der Waals surface area contributed by atoms with Crippen LogP contribution in [0, 0.1) is 0 Å². The molecule has 0 unspecified atom stereocenters. The lowest BCUT2D eigenvalue weighted by molar-refractivity contribution is 0.779. The van der Waals surface area contributed by atoms with E-state index >= 15 is 0 Å². The summed E-state index contributed by atoms with van der Waals surface area (Å²) in [6.07, 6.45) is 0.928. The van der Waals surface area contributed by atoms with Crippen LogP contribution < -0.4 is 5.32 Å². The monoisotopic (exact) mass is 220 g/mol. The topological polar surface area (TPSA) is 24.9 Å². The average molecular weight is 221 g/mol. The van der Waals surface area contributed by atoms with Crippen LogP contribution in [0.15, 0.2) is 30.3 Å². The van der Waals surface area contributed by atoms with Gasteiger partial charge in [-0.25, -0.2) is 0 Å². The predicted molar refractivity (Wildman–Crippen MR) is 64.4 cm³/mol. The molecule has 0 radical (unpaired) electrons. The lowest BCUT2D eigenvalue weighted by Crippen LogP contribution is -2.11. The van der Waals surface area contributed by atoms with Crippen molar-refractivity contribution in [2.75, 3.05) is 13.6 Å². The number of hydrogen-bond acceptors (Lipinski definition) is 2. The number of nitrogens with zero attached hydrogens (tertiary/aromatic N) is 1. The first-order valence-electron chi connectivity index (χ1n) is 5.00. The molecule has 0 spiro atoms. The van der Waals surface area contributed by atoms with E-state index in [9.17, 15) is 0 Å². The van der Waals surface area contributed by atoms with E-state index in [1.54, 1.807) is 0 Å². The molecule has 0 amide bonds. The summed E-state index contributed by atoms with van der Waals surface area (Å²) in [5, 5.41) is 4.92. The number of rotatable bonds is 3. The van der Waals surface area contributed by atoms with Gasteiger partial charge in [-0.15, -0.1) is 0 Å². The van der Waals surface area contributed by atoms with E-state index in [1.807, 2.05) is 25.2 Å². The maximum absolute atomic E-state index is 6.08. The van der Waals surface area contributed by atoms with Crippen LogP contribution in [-0.4, -0.2) is 18.6 Å². The summed E-state index contributed by atoms with van der Waals surface area (Å²) in [6, 6.07) is 9.96. The molecule has 0 bridgehead atoms. The third kappa shape index (κ3) is 2.28. The summed E-state index contributed by atoms with van der Waals surface area (Å²) in [6.45, 7) is 0.933. The molecule has 78 valence electrons. The second kappa shape index (κ2) is 4.60. The van der Waals surface area contributed by atoms with E-state index < -0.39 is 0 Å². The molecule has 2 aromatic rings. The highest BCUT2D eigenvalue weighted by Crippen LogP contribution is 2.21. The zero-order valence-electron chi connectivity index (χ0n) is 8.63. The highest BCUT2D eigenvalue weighted by molar-refractivity contribution is 6.35. The molecule has 1 N–H and O–H groups in total. The van der Waals surface area contributed by atoms with Gasteiger partial charge in [-0.3, -0.25) is 4.98 Å². The van der Waals surface area contributed by atoms with Crippen molar-refractivity contribution >= 4 is 22.5 Å². The maximum Gasteiger partial charge on any atom is 0.0891 e. The molecule has 0 aliphatic carbocycles. The first-order chi connectivity index (χ1) is 7.31. The van der Waals surface area contributed by atoms with Gasteiger partial charge in [-0.2, -0.15) is 0 Å². The number of likely N-dealkylation sites (N-methyl/N-ethyl adjacent to an activating group) is 1. The molecule has 1 heterocycles. The van der Waals surface area contributed by atoms with Gasteiger partial charge in [0, 0.05) is 24.0 Å². The third-order valence-corrected chi connectivity index (χ3v) is 2.66. The number of hydrogen-bond donors (Lipinski definition) is 1. The highest BCUT2D eigenvalue weighted by Gasteiger charge is 2.01. The van der Waals surface area contributed by atoms with Crippen LogP contribution in [-0.2, 0) is 6.42 Å². The fourth-order valence-corrected chi connectivity index (χ4v) is 1.77. The fourth-order valence-electron chi connectivity index (χ4n) is 1.54. The quantitative estimate of drug-likeness (QED) is 0.860. The molecular formula is C12H13ClN2. The summed E-state index contributed by atoms with van der Waals surface area (Å²) in [7, 11) is 1.94. The lowest BCUT2D eigenvalue weighted by atomic mass is 10.2. The molecule has 0 aliphatic heterocycles. The first-order valence-corrected chi connectivity index (χ1v) is 5.38. The van der Waals surface area contributed by atoms with Crippen molar-refractivity contribution in [3.05, 3.63) is 41.0 Å². The maximum atomic E-state index is 6.08. The SMILES string of the molecule is CNCCc1ccc2cccc(Cl)c2n1. The Morgan fingerprint density at radius 3 is 2.93 bits per heavy atom. The summed E-state index contributed by atoms with van der Waals surface area (Å²) in [4.78, 5) is 4.54. The Labute approximate surface area is 94.3 Å². The van der Waals surface area contributed by atoms with Gasteiger partial charge in [0.1, 0.15) is 0 Å². The van der Waals surface area contributed by atoms with E-state index in [2.05, 4.69) is 22.4 Å². The molecule has 1 aromatic carbocycles. The second-order valence-corrected chi connectivity index (χ2v) is 3.87. The zero-order chi connectivity index (χ0) is 10.7. The molecule has 0 saturated heterocycles. The van der Waals surface area contributed by atoms with Crippen molar-refractivity contribution in [3.63, 3.8) is 0 Å². The highest BCUT2D eigenvalue weighted by atomic mass is 35.5. The Hall–Kier alpha value is -1.12. The van der Waals surface area contributed by atoms with E-state index in [0.717, 1.165) is 34.6 Å². The van der Waals surface area contributed by atoms with Gasteiger partial charge in [0.25, 0.3) is 0 Å². The number of aromatic nitrogens is 1. The third-order valence-electron chi connectivity index (χ3n) is 2.36. The van der Waals surface area contributed by atoms with Crippen LogP contribution in [0.4, 0.5) is 0 Å². The van der Waals surface area contributed by atoms with Crippen LogP contribution in [0.25, 0.3) is 10.9 Å². The molecule has 0 atom stereocenters. The summed E-state index contributed by atoms with van der Waals surface area (Å²) >= 11 is 6.08. The van der Waals surface area contributed by atoms with Crippen LogP contribution in [0.2, 0.25) is 5.02 Å². The minimum absolute atomic E-state index is 0.721. The summed E-state index contributed by atoms with van der Waals surface area (Å²) in [5.74, 6) is 0. The summed E-state index contributed by atoms with van der Waals surface area (Å²) in [5.41, 5.74) is 1.97. The number of benzene rings is 1. The Morgan fingerprint density at radius 1 is 1.27 bits per heavy atom. The van der Waals surface area contributed by atoms with Crippen molar-refractivity contribution in [1.29, 1.82) is 0 Å². The van der Waals surface area contributed by atoms with Gasteiger partial charge in [0.05, 0.1) is 10.5 Å². The molecule has 15 heavy (non-hydrogen) atoms. The smallest absolute Gasteiger partial charge is 0.0891 e. The van der Waals surface area contributed by atoms with Gasteiger partial charge in [-0.05, 0) is 19.2 Å². The molecule has 0 saturated carbocycles. The zero-order valence-corrected chi connectivity index (χ0v) is 9.38. The Morgan fingerprint density at radius 2 is 2.13 bits per heavy atom. The first kappa shape index (κ1) is 10.4. The van der Waals surface area contributed by atoms with Gasteiger partial charge in [0.15, 0.2) is 0 Å². The normalized spacial score (nSPS) is 10.8. The standard InChI is InChI=1S/C12H13ClN2/c1-14-8-7-10-6-5-9-3-2-4-11(13)12(9)15-10/h2-6,14H,7-8H2,1H3. The van der Waals surface area contributed by atoms with E-state index in [1.165, 1.54) is 0 Å². The van der Waals surface area contributed by atoms with Crippen LogP contribution in [0.1, 0.15) is 5.69 Å². The lowest BCUT2D eigenvalue weighted by Gasteiger charge is -2.03. The van der Waals surface area contributed by atoms with Crippen molar-refractivity contribution in [3.8, 4) is 0 Å². The molecular weight excluding hydrogens is 208 g/mol. The molecule has 3 heteroatoms. The van der Waals surface area contributed by atoms with E-state index in [-0.39, 0.29) is 0 Å². The Balaban J connectivity index is 2.41. The number of pyridine rings is 1. The van der Waals surface area contributed by atoms with Crippen molar-refractivity contribution in [2.24, 2.45) is 0 Å². The largest absolute Gasteiger partial charge is 0.319 e. The summed E-state index contributed by atoms with van der Waals surface area (Å²) < 4.78 is 0. The molecule has 2 nitrogen and oxygen atoms in total. The number of para-hydroxylation sites is 1. The van der Waals surface area contributed by atoms with Crippen LogP contribution >= 0.6 is 11.6 Å². The van der Waals surface area contributed by atoms with Crippen molar-refractivity contribution in [1.82, 2.24) is 10.3 Å². The van der Waals surface area contributed by atoms with E-state index in [0.29, 0.717) is 0 Å². The van der Waals surface area contributed by atoms with Crippen molar-refractivity contribution < 1.29 is 0 Å². The predicted octanol–water partition coefficient (Wildman–Crippen LogP) is 2.65. The van der Waals surface area contributed by atoms with E-state index in [4.69, 9.17) is 11.6 Å². The van der Waals surface area contributed by atoms with Crippen LogP contribution in [0.5, 0.6) is 0 Å². The molecule has 0 aliphatic rings. The van der Waals surface area contributed by atoms with Crippen molar-refractivity contribution in [2.45, 2.75) is 6.42 Å². The number of halogens is 1.